The highest BCUT2D eigenvalue weighted by Gasteiger charge is 2.19. The molecule has 5 heteroatoms. The number of ether oxygens (including phenoxy) is 2. The molecule has 1 N–H and O–H groups in total. The number of esters is 1. The minimum Gasteiger partial charge on any atom is -0.463 e. The van der Waals surface area contributed by atoms with Gasteiger partial charge in [0, 0.05) is 12.1 Å². The van der Waals surface area contributed by atoms with Gasteiger partial charge in [0.2, 0.25) is 0 Å². The average Bonchev–Trinajstić information content (AvgIpc) is 2.64. The molecule has 0 radical (unpaired) electrons. The number of hydrogen-bond acceptors (Lipinski definition) is 4. The molecule has 176 valence electrons. The summed E-state index contributed by atoms with van der Waals surface area (Å²) in [5.41, 5.74) is -0.522. The van der Waals surface area contributed by atoms with Gasteiger partial charge in [-0.3, -0.25) is 0 Å². The standard InChI is InChI=1S/C25H47NO4/c1-6-8-9-10-11-12-13-14-15-16-17-19-22(20-18-21-23(27)29-7-2)26-24(28)30-25(3,4)5/h18,21-22H,6-17,19-20H2,1-5H3,(H,26,28)/b21-18+/t22-/m1/s1. The first kappa shape index (κ1) is 28.5. The third-order valence-electron chi connectivity index (χ3n) is 4.84. The summed E-state index contributed by atoms with van der Waals surface area (Å²) in [5.74, 6) is -0.344. The fourth-order valence-electron chi connectivity index (χ4n) is 3.30. The second kappa shape index (κ2) is 18.3. The minimum absolute atomic E-state index is 0.0379. The van der Waals surface area contributed by atoms with E-state index < -0.39 is 11.7 Å². The number of unbranched alkanes of at least 4 members (excludes halogenated alkanes) is 10. The first-order valence-corrected chi connectivity index (χ1v) is 12.1. The highest BCUT2D eigenvalue weighted by atomic mass is 16.6. The van der Waals surface area contributed by atoms with Gasteiger partial charge in [0.1, 0.15) is 5.60 Å². The number of alkyl carbamates (subject to hydrolysis) is 1. The Bertz CT molecular complexity index is 468. The maximum atomic E-state index is 12.1. The lowest BCUT2D eigenvalue weighted by molar-refractivity contribution is -0.137. The number of hydrogen-bond donors (Lipinski definition) is 1. The number of carbonyl (C=O) groups excluding carboxylic acids is 2. The molecule has 0 bridgehead atoms. The van der Waals surface area contributed by atoms with Crippen molar-refractivity contribution in [1.29, 1.82) is 0 Å². The van der Waals surface area contributed by atoms with Crippen LogP contribution in [0.25, 0.3) is 0 Å². The van der Waals surface area contributed by atoms with E-state index in [-0.39, 0.29) is 12.0 Å². The zero-order valence-corrected chi connectivity index (χ0v) is 20.3. The Morgan fingerprint density at radius 1 is 0.867 bits per heavy atom. The van der Waals surface area contributed by atoms with Crippen LogP contribution in [-0.4, -0.2) is 30.3 Å². The van der Waals surface area contributed by atoms with Crippen LogP contribution in [0.3, 0.4) is 0 Å². The molecule has 0 unspecified atom stereocenters. The van der Waals surface area contributed by atoms with Crippen LogP contribution >= 0.6 is 0 Å². The fourth-order valence-corrected chi connectivity index (χ4v) is 3.30. The molecule has 0 heterocycles. The molecule has 0 aromatic rings. The van der Waals surface area contributed by atoms with Crippen LogP contribution in [0.4, 0.5) is 4.79 Å². The van der Waals surface area contributed by atoms with Gasteiger partial charge in [-0.25, -0.2) is 9.59 Å². The summed E-state index contributed by atoms with van der Waals surface area (Å²) in [4.78, 5) is 23.6. The number of amides is 1. The van der Waals surface area contributed by atoms with Gasteiger partial charge in [0.05, 0.1) is 6.61 Å². The van der Waals surface area contributed by atoms with E-state index in [1.54, 1.807) is 13.0 Å². The molecule has 1 atom stereocenters. The lowest BCUT2D eigenvalue weighted by Crippen LogP contribution is -2.39. The summed E-state index contributed by atoms with van der Waals surface area (Å²) in [7, 11) is 0. The molecule has 0 spiro atoms. The lowest BCUT2D eigenvalue weighted by atomic mass is 10.0. The first-order valence-electron chi connectivity index (χ1n) is 12.1. The Labute approximate surface area is 185 Å². The van der Waals surface area contributed by atoms with E-state index in [9.17, 15) is 9.59 Å². The maximum absolute atomic E-state index is 12.1. The molecule has 0 aliphatic heterocycles. The van der Waals surface area contributed by atoms with Crippen LogP contribution in [-0.2, 0) is 14.3 Å². The van der Waals surface area contributed by atoms with Crippen molar-refractivity contribution >= 4 is 12.1 Å². The number of carbonyl (C=O) groups is 2. The Hall–Kier alpha value is -1.52. The average molecular weight is 426 g/mol. The van der Waals surface area contributed by atoms with Crippen molar-refractivity contribution in [3.63, 3.8) is 0 Å². The van der Waals surface area contributed by atoms with Crippen molar-refractivity contribution in [2.45, 2.75) is 130 Å². The second-order valence-electron chi connectivity index (χ2n) is 9.06. The van der Waals surface area contributed by atoms with Crippen molar-refractivity contribution < 1.29 is 19.1 Å². The summed E-state index contributed by atoms with van der Waals surface area (Å²) >= 11 is 0. The fraction of sp³-hybridized carbons (Fsp3) is 0.840. The Morgan fingerprint density at radius 2 is 1.40 bits per heavy atom. The van der Waals surface area contributed by atoms with E-state index in [0.717, 1.165) is 12.8 Å². The molecule has 0 aromatic heterocycles. The van der Waals surface area contributed by atoms with E-state index in [0.29, 0.717) is 13.0 Å². The first-order chi connectivity index (χ1) is 14.3. The molecule has 30 heavy (non-hydrogen) atoms. The van der Waals surface area contributed by atoms with Gasteiger partial charge in [-0.15, -0.1) is 0 Å². The highest BCUT2D eigenvalue weighted by Crippen LogP contribution is 2.14. The van der Waals surface area contributed by atoms with Gasteiger partial charge in [-0.2, -0.15) is 0 Å². The number of nitrogens with one attached hydrogen (secondary N) is 1. The van der Waals surface area contributed by atoms with Gasteiger partial charge in [-0.05, 0) is 40.5 Å². The SMILES string of the molecule is CCCCCCCCCCCCC[C@H](C/C=C/C(=O)OCC)NC(=O)OC(C)(C)C. The highest BCUT2D eigenvalue weighted by molar-refractivity contribution is 5.81. The van der Waals surface area contributed by atoms with Crippen LogP contribution < -0.4 is 5.32 Å². The maximum Gasteiger partial charge on any atom is 0.407 e. The molecular formula is C25H47NO4. The summed E-state index contributed by atoms with van der Waals surface area (Å²) < 4.78 is 10.3. The van der Waals surface area contributed by atoms with Crippen molar-refractivity contribution in [3.8, 4) is 0 Å². The van der Waals surface area contributed by atoms with Crippen LogP contribution in [0.5, 0.6) is 0 Å². The molecule has 1 amide bonds. The summed E-state index contributed by atoms with van der Waals surface area (Å²) in [6.45, 7) is 9.96. The molecule has 0 fully saturated rings. The monoisotopic (exact) mass is 425 g/mol. The largest absolute Gasteiger partial charge is 0.463 e. The molecule has 5 nitrogen and oxygen atoms in total. The van der Waals surface area contributed by atoms with E-state index in [1.165, 1.54) is 70.3 Å². The number of rotatable bonds is 17. The van der Waals surface area contributed by atoms with E-state index in [4.69, 9.17) is 9.47 Å². The van der Waals surface area contributed by atoms with Gasteiger partial charge in [-0.1, -0.05) is 83.6 Å². The van der Waals surface area contributed by atoms with Crippen molar-refractivity contribution in [3.05, 3.63) is 12.2 Å². The van der Waals surface area contributed by atoms with Gasteiger partial charge >= 0.3 is 12.1 Å². The van der Waals surface area contributed by atoms with Crippen LogP contribution in [0.2, 0.25) is 0 Å². The van der Waals surface area contributed by atoms with Gasteiger partial charge < -0.3 is 14.8 Å². The van der Waals surface area contributed by atoms with E-state index in [1.807, 2.05) is 20.8 Å². The summed E-state index contributed by atoms with van der Waals surface area (Å²) in [5, 5.41) is 2.95. The van der Waals surface area contributed by atoms with Crippen LogP contribution in [0.1, 0.15) is 118 Å². The molecule has 0 aliphatic rings. The molecular weight excluding hydrogens is 378 g/mol. The Kier molecular flexibility index (Phi) is 17.3. The predicted octanol–water partition coefficient (Wildman–Crippen LogP) is 7.09. The zero-order valence-electron chi connectivity index (χ0n) is 20.3. The Balaban J connectivity index is 4.15. The van der Waals surface area contributed by atoms with E-state index in [2.05, 4.69) is 12.2 Å². The molecule has 0 aromatic carbocycles. The zero-order chi connectivity index (χ0) is 22.7. The van der Waals surface area contributed by atoms with Crippen molar-refractivity contribution in [1.82, 2.24) is 5.32 Å². The molecule has 0 saturated carbocycles. The quantitative estimate of drug-likeness (QED) is 0.153. The second-order valence-corrected chi connectivity index (χ2v) is 9.06. The molecule has 0 saturated heterocycles. The molecule has 0 aliphatic carbocycles. The van der Waals surface area contributed by atoms with Crippen LogP contribution in [0, 0.1) is 0 Å². The van der Waals surface area contributed by atoms with Crippen LogP contribution in [0.15, 0.2) is 12.2 Å². The van der Waals surface area contributed by atoms with E-state index >= 15 is 0 Å². The van der Waals surface area contributed by atoms with Gasteiger partial charge in [0.25, 0.3) is 0 Å². The Morgan fingerprint density at radius 3 is 1.90 bits per heavy atom. The van der Waals surface area contributed by atoms with Gasteiger partial charge in [0.15, 0.2) is 0 Å². The van der Waals surface area contributed by atoms with Crippen molar-refractivity contribution in [2.75, 3.05) is 6.61 Å². The lowest BCUT2D eigenvalue weighted by Gasteiger charge is -2.23. The normalized spacial score (nSPS) is 12.7. The predicted molar refractivity (Wildman–Crippen MR) is 125 cm³/mol. The molecule has 0 rings (SSSR count). The van der Waals surface area contributed by atoms with Crippen molar-refractivity contribution in [2.24, 2.45) is 0 Å². The third kappa shape index (κ3) is 19.8. The third-order valence-corrected chi connectivity index (χ3v) is 4.84. The summed E-state index contributed by atoms with van der Waals surface area (Å²) in [6, 6.07) is -0.0379. The topological polar surface area (TPSA) is 64.6 Å². The smallest absolute Gasteiger partial charge is 0.407 e. The minimum atomic E-state index is -0.522. The summed E-state index contributed by atoms with van der Waals surface area (Å²) in [6.07, 6.45) is 18.5.